The summed E-state index contributed by atoms with van der Waals surface area (Å²) in [6, 6.07) is 15.3. The number of pyridine rings is 1. The van der Waals surface area contributed by atoms with Gasteiger partial charge in [0, 0.05) is 72.9 Å². The molecule has 1 fully saturated rings. The van der Waals surface area contributed by atoms with E-state index in [4.69, 9.17) is 21.1 Å². The van der Waals surface area contributed by atoms with Crippen molar-refractivity contribution >= 4 is 35.1 Å². The van der Waals surface area contributed by atoms with Crippen LogP contribution < -0.4 is 19.1 Å². The summed E-state index contributed by atoms with van der Waals surface area (Å²) in [5, 5.41) is 0.648. The lowest BCUT2D eigenvalue weighted by Crippen LogP contribution is -2.48. The van der Waals surface area contributed by atoms with Gasteiger partial charge in [0.05, 0.1) is 12.0 Å². The van der Waals surface area contributed by atoms with Gasteiger partial charge in [-0.15, -0.1) is 0 Å². The molecule has 1 unspecified atom stereocenters. The number of benzene rings is 2. The number of nitrogens with zero attached hydrogens (tertiary/aromatic N) is 3. The third-order valence-electron chi connectivity index (χ3n) is 6.75. The molecule has 2 aliphatic heterocycles. The molecule has 0 spiro atoms. The number of carbonyl (C=O) groups is 1. The quantitative estimate of drug-likeness (QED) is 0.409. The smallest absolute Gasteiger partial charge is 0.253 e. The molecular weight excluding hydrogens is 508 g/mol. The molecular formula is C28H31ClN4O3S. The normalized spacial score (nSPS) is 18.6. The van der Waals surface area contributed by atoms with E-state index < -0.39 is 0 Å². The minimum absolute atomic E-state index is 0.0243. The van der Waals surface area contributed by atoms with Gasteiger partial charge in [-0.2, -0.15) is 0 Å². The Bertz CT molecular complexity index is 1270. The highest BCUT2D eigenvalue weighted by atomic mass is 35.5. The second kappa shape index (κ2) is 10.8. The zero-order valence-electron chi connectivity index (χ0n) is 21.2. The van der Waals surface area contributed by atoms with Gasteiger partial charge >= 0.3 is 0 Å². The van der Waals surface area contributed by atoms with E-state index in [0.29, 0.717) is 23.7 Å². The predicted octanol–water partition coefficient (Wildman–Crippen LogP) is 5.61. The number of anilines is 1. The highest BCUT2D eigenvalue weighted by Gasteiger charge is 2.35. The van der Waals surface area contributed by atoms with Crippen molar-refractivity contribution in [2.75, 3.05) is 38.2 Å². The Hall–Kier alpha value is -2.94. The maximum Gasteiger partial charge on any atom is 0.253 e. The first-order valence-electron chi connectivity index (χ1n) is 12.4. The van der Waals surface area contributed by atoms with E-state index in [1.807, 2.05) is 53.4 Å². The molecule has 1 atom stereocenters. The molecule has 7 nitrogen and oxygen atoms in total. The van der Waals surface area contributed by atoms with Gasteiger partial charge in [-0.1, -0.05) is 11.6 Å². The first kappa shape index (κ1) is 25.7. The van der Waals surface area contributed by atoms with Crippen molar-refractivity contribution in [2.45, 2.75) is 36.8 Å². The van der Waals surface area contributed by atoms with Crippen LogP contribution in [0.1, 0.15) is 42.2 Å². The average molecular weight is 539 g/mol. The number of hydrogen-bond acceptors (Lipinski definition) is 7. The second-order valence-electron chi connectivity index (χ2n) is 9.87. The molecule has 194 valence electrons. The lowest BCUT2D eigenvalue weighted by atomic mass is 9.89. The molecule has 0 radical (unpaired) electrons. The molecule has 9 heteroatoms. The Balaban J connectivity index is 1.32. The van der Waals surface area contributed by atoms with Gasteiger partial charge in [-0.05, 0) is 74.3 Å². The maximum absolute atomic E-state index is 13.5. The number of fused-ring (bicyclic) bond motifs is 1. The summed E-state index contributed by atoms with van der Waals surface area (Å²) in [5.74, 6) is 1.60. The Morgan fingerprint density at radius 3 is 2.59 bits per heavy atom. The second-order valence-corrected chi connectivity index (χ2v) is 11.2. The van der Waals surface area contributed by atoms with E-state index in [9.17, 15) is 4.79 Å². The molecule has 1 N–H and O–H groups in total. The summed E-state index contributed by atoms with van der Waals surface area (Å²) >= 11 is 7.71. The molecule has 1 aromatic heterocycles. The van der Waals surface area contributed by atoms with E-state index in [2.05, 4.69) is 28.5 Å². The van der Waals surface area contributed by atoms with Crippen LogP contribution in [0.4, 0.5) is 5.69 Å². The fourth-order valence-corrected chi connectivity index (χ4v) is 6.02. The number of aromatic nitrogens is 1. The maximum atomic E-state index is 13.5. The first-order valence-corrected chi connectivity index (χ1v) is 13.6. The Morgan fingerprint density at radius 2 is 1.86 bits per heavy atom. The van der Waals surface area contributed by atoms with Crippen molar-refractivity contribution in [3.63, 3.8) is 0 Å². The summed E-state index contributed by atoms with van der Waals surface area (Å²) in [5.41, 5.74) is 2.45. The molecule has 0 bridgehead atoms. The largest absolute Gasteiger partial charge is 0.496 e. The molecule has 3 heterocycles. The molecule has 37 heavy (non-hydrogen) atoms. The summed E-state index contributed by atoms with van der Waals surface area (Å²) < 4.78 is 15.4. The molecule has 5 rings (SSSR count). The fraction of sp³-hybridized carbons (Fsp3) is 0.357. The molecule has 1 saturated heterocycles. The van der Waals surface area contributed by atoms with Gasteiger partial charge in [-0.25, -0.2) is 0 Å². The van der Waals surface area contributed by atoms with Crippen LogP contribution in [0, 0.1) is 0 Å². The SMILES string of the molecule is COc1ccc(Cl)cc1SNC1CC(C)(C)Oc2ccc(C(=O)N3CCN(c4ccncc4)CC3)cc21. The fourth-order valence-electron chi connectivity index (χ4n) is 4.86. The summed E-state index contributed by atoms with van der Waals surface area (Å²) in [6.45, 7) is 7.09. The van der Waals surface area contributed by atoms with Crippen molar-refractivity contribution in [3.8, 4) is 11.5 Å². The van der Waals surface area contributed by atoms with Crippen LogP contribution in [0.2, 0.25) is 5.02 Å². The van der Waals surface area contributed by atoms with Crippen molar-refractivity contribution in [1.29, 1.82) is 0 Å². The molecule has 2 aliphatic rings. The highest BCUT2D eigenvalue weighted by Crippen LogP contribution is 2.42. The lowest BCUT2D eigenvalue weighted by molar-refractivity contribution is 0.0700. The number of halogens is 1. The molecule has 0 saturated carbocycles. The number of hydrogen-bond donors (Lipinski definition) is 1. The van der Waals surface area contributed by atoms with Gasteiger partial charge in [-0.3, -0.25) is 14.5 Å². The minimum Gasteiger partial charge on any atom is -0.496 e. The monoisotopic (exact) mass is 538 g/mol. The van der Waals surface area contributed by atoms with Crippen molar-refractivity contribution in [2.24, 2.45) is 0 Å². The first-order chi connectivity index (χ1) is 17.8. The number of amides is 1. The van der Waals surface area contributed by atoms with Crippen LogP contribution >= 0.6 is 23.5 Å². The number of piperazine rings is 1. The Labute approximate surface area is 227 Å². The number of rotatable bonds is 6. The van der Waals surface area contributed by atoms with Crippen LogP contribution in [0.25, 0.3) is 0 Å². The lowest BCUT2D eigenvalue weighted by Gasteiger charge is -2.38. The zero-order valence-corrected chi connectivity index (χ0v) is 22.8. The highest BCUT2D eigenvalue weighted by molar-refractivity contribution is 7.97. The number of nitrogens with one attached hydrogen (secondary N) is 1. The van der Waals surface area contributed by atoms with Gasteiger partial charge in [0.1, 0.15) is 17.1 Å². The topological polar surface area (TPSA) is 66.9 Å². The third kappa shape index (κ3) is 5.81. The minimum atomic E-state index is -0.349. The number of ether oxygens (including phenoxy) is 2. The Morgan fingerprint density at radius 1 is 1.11 bits per heavy atom. The number of methoxy groups -OCH3 is 1. The van der Waals surface area contributed by atoms with E-state index in [1.54, 1.807) is 19.5 Å². The summed E-state index contributed by atoms with van der Waals surface area (Å²) in [6.07, 6.45) is 4.35. The van der Waals surface area contributed by atoms with Crippen LogP contribution in [-0.2, 0) is 0 Å². The van der Waals surface area contributed by atoms with Gasteiger partial charge in [0.2, 0.25) is 0 Å². The number of carbonyl (C=O) groups excluding carboxylic acids is 1. The standard InChI is InChI=1S/C28H31ClN4O3S/c1-28(2)18-23(31-37-26-17-20(29)5-7-25(26)35-3)22-16-19(4-6-24(22)36-28)27(34)33-14-12-32(13-15-33)21-8-10-30-11-9-21/h4-11,16-17,23,31H,12-15,18H2,1-3H3. The van der Waals surface area contributed by atoms with Crippen molar-refractivity contribution < 1.29 is 14.3 Å². The van der Waals surface area contributed by atoms with Crippen LogP contribution in [0.5, 0.6) is 11.5 Å². The van der Waals surface area contributed by atoms with Crippen molar-refractivity contribution in [3.05, 3.63) is 77.1 Å². The third-order valence-corrected chi connectivity index (χ3v) is 7.92. The van der Waals surface area contributed by atoms with Crippen LogP contribution in [0.15, 0.2) is 65.8 Å². The van der Waals surface area contributed by atoms with Crippen LogP contribution in [-0.4, -0.2) is 54.7 Å². The van der Waals surface area contributed by atoms with Gasteiger partial charge in [0.15, 0.2) is 0 Å². The molecule has 0 aliphatic carbocycles. The van der Waals surface area contributed by atoms with E-state index in [1.165, 1.54) is 11.9 Å². The Kier molecular flexibility index (Phi) is 7.51. The van der Waals surface area contributed by atoms with E-state index in [0.717, 1.165) is 47.2 Å². The zero-order chi connectivity index (χ0) is 26.0. The summed E-state index contributed by atoms with van der Waals surface area (Å²) in [7, 11) is 1.65. The average Bonchev–Trinajstić information content (AvgIpc) is 2.91. The summed E-state index contributed by atoms with van der Waals surface area (Å²) in [4.78, 5) is 22.7. The molecule has 2 aromatic carbocycles. The van der Waals surface area contributed by atoms with Gasteiger partial charge < -0.3 is 19.3 Å². The molecule has 3 aromatic rings. The van der Waals surface area contributed by atoms with Crippen molar-refractivity contribution in [1.82, 2.24) is 14.6 Å². The van der Waals surface area contributed by atoms with E-state index in [-0.39, 0.29) is 17.6 Å². The van der Waals surface area contributed by atoms with E-state index >= 15 is 0 Å². The predicted molar refractivity (Wildman–Crippen MR) is 148 cm³/mol. The molecule has 1 amide bonds. The van der Waals surface area contributed by atoms with Crippen LogP contribution in [0.3, 0.4) is 0 Å². The van der Waals surface area contributed by atoms with Gasteiger partial charge in [0.25, 0.3) is 5.91 Å².